The van der Waals surface area contributed by atoms with Crippen LogP contribution in [0.4, 0.5) is 0 Å². The fourth-order valence-electron chi connectivity index (χ4n) is 1.53. The Bertz CT molecular complexity index is 178. The number of carbonyl (C=O) groups excluding carboxylic acids is 1. The highest BCUT2D eigenvalue weighted by atomic mass is 16.8. The van der Waals surface area contributed by atoms with E-state index in [0.717, 1.165) is 12.8 Å². The Kier molecular flexibility index (Phi) is 4.90. The molecular weight excluding hydrogens is 182 g/mol. The summed E-state index contributed by atoms with van der Waals surface area (Å²) in [7, 11) is 1.59. The van der Waals surface area contributed by atoms with E-state index in [2.05, 4.69) is 0 Å². The molecule has 1 amide bonds. The minimum absolute atomic E-state index is 0.114. The first-order chi connectivity index (χ1) is 6.70. The predicted molar refractivity (Wildman–Crippen MR) is 52.4 cm³/mol. The maximum absolute atomic E-state index is 10.8. The van der Waals surface area contributed by atoms with Crippen molar-refractivity contribution in [3.05, 3.63) is 0 Å². The fourth-order valence-corrected chi connectivity index (χ4v) is 1.53. The second-order valence-electron chi connectivity index (χ2n) is 3.69. The van der Waals surface area contributed by atoms with Crippen LogP contribution in [0.1, 0.15) is 39.0 Å². The van der Waals surface area contributed by atoms with Gasteiger partial charge in [0.25, 0.3) is 0 Å². The van der Waals surface area contributed by atoms with Crippen LogP contribution in [0.5, 0.6) is 0 Å². The lowest BCUT2D eigenvalue weighted by Crippen LogP contribution is -2.27. The van der Waals surface area contributed by atoms with Gasteiger partial charge in [0, 0.05) is 14.0 Å². The van der Waals surface area contributed by atoms with Gasteiger partial charge in [-0.25, -0.2) is 9.90 Å². The van der Waals surface area contributed by atoms with Gasteiger partial charge in [-0.15, -0.1) is 0 Å². The molecule has 1 fully saturated rings. The van der Waals surface area contributed by atoms with Crippen molar-refractivity contribution in [3.8, 4) is 0 Å². The minimum Gasteiger partial charge on any atom is -0.350 e. The van der Waals surface area contributed by atoms with Crippen LogP contribution in [-0.4, -0.2) is 30.9 Å². The monoisotopic (exact) mass is 201 g/mol. The van der Waals surface area contributed by atoms with Crippen LogP contribution in [0, 0.1) is 0 Å². The number of rotatable bonds is 4. The molecule has 0 spiro atoms. The summed E-state index contributed by atoms with van der Waals surface area (Å²) in [5, 5.41) is 1.20. The molecule has 0 saturated heterocycles. The van der Waals surface area contributed by atoms with Crippen LogP contribution in [0.25, 0.3) is 0 Å². The molecule has 0 unspecified atom stereocenters. The number of carbonyl (C=O) groups is 1. The van der Waals surface area contributed by atoms with E-state index < -0.39 is 0 Å². The summed E-state index contributed by atoms with van der Waals surface area (Å²) in [5.41, 5.74) is 0. The Labute approximate surface area is 85.1 Å². The van der Waals surface area contributed by atoms with Gasteiger partial charge in [0.1, 0.15) is 0 Å². The maximum atomic E-state index is 10.8. The van der Waals surface area contributed by atoms with Crippen LogP contribution in [0.3, 0.4) is 0 Å². The van der Waals surface area contributed by atoms with Gasteiger partial charge in [-0.1, -0.05) is 19.3 Å². The van der Waals surface area contributed by atoms with E-state index in [4.69, 9.17) is 9.57 Å². The Morgan fingerprint density at radius 2 is 2.00 bits per heavy atom. The van der Waals surface area contributed by atoms with Gasteiger partial charge in [-0.2, -0.15) is 0 Å². The van der Waals surface area contributed by atoms with Gasteiger partial charge in [0.2, 0.25) is 5.91 Å². The standard InChI is InChI=1S/C10H19NO3/c1-9(12)11(2)14-8-13-10-6-4-3-5-7-10/h10H,3-8H2,1-2H3. The van der Waals surface area contributed by atoms with Crippen LogP contribution in [0.2, 0.25) is 0 Å². The molecule has 0 atom stereocenters. The fraction of sp³-hybridized carbons (Fsp3) is 0.900. The van der Waals surface area contributed by atoms with Crippen LogP contribution in [-0.2, 0) is 14.4 Å². The lowest BCUT2D eigenvalue weighted by molar-refractivity contribution is -0.224. The first-order valence-corrected chi connectivity index (χ1v) is 5.19. The average molecular weight is 201 g/mol. The predicted octanol–water partition coefficient (Wildman–Crippen LogP) is 1.70. The van der Waals surface area contributed by atoms with Crippen molar-refractivity contribution in [2.24, 2.45) is 0 Å². The molecule has 0 radical (unpaired) electrons. The van der Waals surface area contributed by atoms with E-state index in [1.807, 2.05) is 0 Å². The number of hydroxylamine groups is 2. The summed E-state index contributed by atoms with van der Waals surface area (Å²) in [6.07, 6.45) is 6.36. The topological polar surface area (TPSA) is 38.8 Å². The third-order valence-electron chi connectivity index (χ3n) is 2.55. The Hall–Kier alpha value is -0.610. The van der Waals surface area contributed by atoms with Gasteiger partial charge in [0.15, 0.2) is 6.79 Å². The van der Waals surface area contributed by atoms with E-state index >= 15 is 0 Å². The second-order valence-corrected chi connectivity index (χ2v) is 3.69. The molecule has 0 aromatic heterocycles. The molecule has 0 aromatic rings. The lowest BCUT2D eigenvalue weighted by atomic mass is 9.98. The van der Waals surface area contributed by atoms with Gasteiger partial charge >= 0.3 is 0 Å². The Morgan fingerprint density at radius 1 is 1.36 bits per heavy atom. The third-order valence-corrected chi connectivity index (χ3v) is 2.55. The molecule has 4 heteroatoms. The first kappa shape index (κ1) is 11.5. The highest BCUT2D eigenvalue weighted by molar-refractivity contribution is 5.71. The van der Waals surface area contributed by atoms with Crippen molar-refractivity contribution in [1.82, 2.24) is 5.06 Å². The number of hydrogen-bond acceptors (Lipinski definition) is 3. The molecule has 0 aromatic carbocycles. The molecule has 4 nitrogen and oxygen atoms in total. The molecule has 1 saturated carbocycles. The third kappa shape index (κ3) is 4.07. The SMILES string of the molecule is CC(=O)N(C)OCOC1CCCCC1. The van der Waals surface area contributed by atoms with Crippen molar-refractivity contribution < 1.29 is 14.4 Å². The molecule has 1 aliphatic carbocycles. The van der Waals surface area contributed by atoms with Crippen molar-refractivity contribution in [2.45, 2.75) is 45.1 Å². The molecule has 14 heavy (non-hydrogen) atoms. The van der Waals surface area contributed by atoms with E-state index in [-0.39, 0.29) is 12.7 Å². The zero-order valence-electron chi connectivity index (χ0n) is 8.99. The van der Waals surface area contributed by atoms with Crippen LogP contribution in [0.15, 0.2) is 0 Å². The molecule has 0 aliphatic heterocycles. The normalized spacial score (nSPS) is 18.1. The number of nitrogens with zero attached hydrogens (tertiary/aromatic N) is 1. The summed E-state index contributed by atoms with van der Waals surface area (Å²) in [6.45, 7) is 1.64. The number of amides is 1. The Morgan fingerprint density at radius 3 is 2.57 bits per heavy atom. The summed E-state index contributed by atoms with van der Waals surface area (Å²) in [5.74, 6) is -0.114. The van der Waals surface area contributed by atoms with E-state index in [1.165, 1.54) is 31.2 Å². The van der Waals surface area contributed by atoms with Gasteiger partial charge in [-0.3, -0.25) is 4.79 Å². The molecular formula is C10H19NO3. The highest BCUT2D eigenvalue weighted by Crippen LogP contribution is 2.20. The van der Waals surface area contributed by atoms with Gasteiger partial charge < -0.3 is 4.74 Å². The van der Waals surface area contributed by atoms with E-state index in [0.29, 0.717) is 6.10 Å². The summed E-state index contributed by atoms with van der Waals surface area (Å²) in [4.78, 5) is 15.8. The summed E-state index contributed by atoms with van der Waals surface area (Å²) < 4.78 is 5.49. The average Bonchev–Trinajstić information content (AvgIpc) is 2.19. The highest BCUT2D eigenvalue weighted by Gasteiger charge is 2.14. The molecule has 1 rings (SSSR count). The largest absolute Gasteiger partial charge is 0.350 e. The van der Waals surface area contributed by atoms with E-state index in [9.17, 15) is 4.79 Å². The van der Waals surface area contributed by atoms with Crippen molar-refractivity contribution in [1.29, 1.82) is 0 Å². The van der Waals surface area contributed by atoms with Gasteiger partial charge in [0.05, 0.1) is 6.10 Å². The smallest absolute Gasteiger partial charge is 0.242 e. The molecule has 0 N–H and O–H groups in total. The van der Waals surface area contributed by atoms with Crippen LogP contribution < -0.4 is 0 Å². The minimum atomic E-state index is -0.114. The summed E-state index contributed by atoms with van der Waals surface area (Å²) in [6, 6.07) is 0. The molecule has 0 bridgehead atoms. The molecule has 1 aliphatic rings. The Balaban J connectivity index is 2.05. The maximum Gasteiger partial charge on any atom is 0.242 e. The summed E-state index contributed by atoms with van der Waals surface area (Å²) >= 11 is 0. The lowest BCUT2D eigenvalue weighted by Gasteiger charge is -2.23. The van der Waals surface area contributed by atoms with Crippen LogP contribution >= 0.6 is 0 Å². The zero-order valence-corrected chi connectivity index (χ0v) is 8.99. The van der Waals surface area contributed by atoms with Crippen molar-refractivity contribution >= 4 is 5.91 Å². The van der Waals surface area contributed by atoms with E-state index in [1.54, 1.807) is 7.05 Å². The second kappa shape index (κ2) is 5.98. The molecule has 0 heterocycles. The molecule has 82 valence electrons. The first-order valence-electron chi connectivity index (χ1n) is 5.19. The van der Waals surface area contributed by atoms with Crippen molar-refractivity contribution in [3.63, 3.8) is 0 Å². The quantitative estimate of drug-likeness (QED) is 0.513. The van der Waals surface area contributed by atoms with Gasteiger partial charge in [-0.05, 0) is 12.8 Å². The number of ether oxygens (including phenoxy) is 1. The number of hydrogen-bond donors (Lipinski definition) is 0. The van der Waals surface area contributed by atoms with Crippen molar-refractivity contribution in [2.75, 3.05) is 13.8 Å². The zero-order chi connectivity index (χ0) is 10.4.